The zero-order valence-corrected chi connectivity index (χ0v) is 16.0. The molecular formula is C20H28N2O4. The molecule has 1 atom stereocenters. The number of amides is 2. The number of para-hydroxylation sites is 1. The van der Waals surface area contributed by atoms with Crippen molar-refractivity contribution >= 4 is 23.5 Å². The molecule has 2 amide bonds. The molecule has 26 heavy (non-hydrogen) atoms. The lowest BCUT2D eigenvalue weighted by atomic mass is 9.88. The van der Waals surface area contributed by atoms with Gasteiger partial charge in [0.1, 0.15) is 5.41 Å². The Morgan fingerprint density at radius 1 is 1.27 bits per heavy atom. The Bertz CT molecular complexity index is 684. The van der Waals surface area contributed by atoms with Gasteiger partial charge in [-0.1, -0.05) is 19.1 Å². The first kappa shape index (κ1) is 19.9. The molecule has 1 aromatic carbocycles. The van der Waals surface area contributed by atoms with Crippen LogP contribution in [0.25, 0.3) is 0 Å². The van der Waals surface area contributed by atoms with Gasteiger partial charge in [0.25, 0.3) is 0 Å². The Morgan fingerprint density at radius 3 is 2.62 bits per heavy atom. The van der Waals surface area contributed by atoms with Gasteiger partial charge in [-0.25, -0.2) is 4.79 Å². The van der Waals surface area contributed by atoms with Crippen LogP contribution in [0.15, 0.2) is 24.3 Å². The summed E-state index contributed by atoms with van der Waals surface area (Å²) in [6.45, 7) is 8.68. The van der Waals surface area contributed by atoms with E-state index < -0.39 is 17.3 Å². The van der Waals surface area contributed by atoms with E-state index in [0.717, 1.165) is 12.8 Å². The van der Waals surface area contributed by atoms with E-state index in [4.69, 9.17) is 4.74 Å². The van der Waals surface area contributed by atoms with Crippen LogP contribution >= 0.6 is 0 Å². The molecule has 6 heteroatoms. The number of carbonyl (C=O) groups excluding carboxylic acids is 3. The van der Waals surface area contributed by atoms with Crippen LogP contribution in [0.5, 0.6) is 0 Å². The first-order chi connectivity index (χ1) is 12.3. The van der Waals surface area contributed by atoms with Crippen LogP contribution in [-0.2, 0) is 14.3 Å². The molecule has 0 aliphatic carbocycles. The second kappa shape index (κ2) is 8.34. The summed E-state index contributed by atoms with van der Waals surface area (Å²) in [4.78, 5) is 39.5. The van der Waals surface area contributed by atoms with E-state index in [9.17, 15) is 14.4 Å². The van der Waals surface area contributed by atoms with Gasteiger partial charge in [0.15, 0.2) is 0 Å². The second-order valence-electron chi connectivity index (χ2n) is 7.34. The molecule has 0 bridgehead atoms. The van der Waals surface area contributed by atoms with Crippen molar-refractivity contribution in [2.24, 2.45) is 11.3 Å². The number of rotatable bonds is 5. The summed E-state index contributed by atoms with van der Waals surface area (Å²) in [6.07, 6.45) is 2.06. The average Bonchev–Trinajstić information content (AvgIpc) is 2.61. The lowest BCUT2D eigenvalue weighted by molar-refractivity contribution is -0.147. The summed E-state index contributed by atoms with van der Waals surface area (Å²) in [5.74, 6) is -0.680. The van der Waals surface area contributed by atoms with Gasteiger partial charge in [-0.05, 0) is 51.7 Å². The van der Waals surface area contributed by atoms with E-state index in [2.05, 4.69) is 12.2 Å². The van der Waals surface area contributed by atoms with Crippen LogP contribution in [0.1, 0.15) is 50.9 Å². The number of nitrogens with zero attached hydrogens (tertiary/aromatic N) is 1. The SMILES string of the molecule is CCOC(=O)c1ccccc1NC(=O)C(C)(C)C(=O)N1CCCC(C)C1. The fourth-order valence-corrected chi connectivity index (χ4v) is 3.12. The van der Waals surface area contributed by atoms with Crippen molar-refractivity contribution in [2.45, 2.75) is 40.5 Å². The van der Waals surface area contributed by atoms with Gasteiger partial charge in [-0.2, -0.15) is 0 Å². The van der Waals surface area contributed by atoms with Crippen molar-refractivity contribution in [3.05, 3.63) is 29.8 Å². The molecule has 1 heterocycles. The van der Waals surface area contributed by atoms with Gasteiger partial charge < -0.3 is 15.0 Å². The predicted octanol–water partition coefficient (Wildman–Crippen LogP) is 3.09. The molecule has 1 aromatic rings. The number of esters is 1. The minimum atomic E-state index is -1.22. The fourth-order valence-electron chi connectivity index (χ4n) is 3.12. The summed E-state index contributed by atoms with van der Waals surface area (Å²) < 4.78 is 5.02. The summed E-state index contributed by atoms with van der Waals surface area (Å²) >= 11 is 0. The zero-order chi connectivity index (χ0) is 19.3. The number of nitrogens with one attached hydrogen (secondary N) is 1. The minimum absolute atomic E-state index is 0.185. The van der Waals surface area contributed by atoms with Crippen molar-refractivity contribution in [1.82, 2.24) is 4.90 Å². The highest BCUT2D eigenvalue weighted by Crippen LogP contribution is 2.26. The van der Waals surface area contributed by atoms with E-state index in [1.807, 2.05) is 0 Å². The quantitative estimate of drug-likeness (QED) is 0.647. The number of likely N-dealkylation sites (tertiary alicyclic amines) is 1. The molecule has 0 saturated carbocycles. The van der Waals surface area contributed by atoms with Crippen molar-refractivity contribution in [1.29, 1.82) is 0 Å². The Labute approximate surface area is 154 Å². The molecule has 0 aromatic heterocycles. The Morgan fingerprint density at radius 2 is 1.96 bits per heavy atom. The zero-order valence-electron chi connectivity index (χ0n) is 16.0. The van der Waals surface area contributed by atoms with Crippen LogP contribution in [0.3, 0.4) is 0 Å². The number of anilines is 1. The summed E-state index contributed by atoms with van der Waals surface area (Å²) in [5.41, 5.74) is -0.597. The Kier molecular flexibility index (Phi) is 6.40. The molecular weight excluding hydrogens is 332 g/mol. The van der Waals surface area contributed by atoms with E-state index in [1.165, 1.54) is 0 Å². The van der Waals surface area contributed by atoms with Gasteiger partial charge in [0, 0.05) is 13.1 Å². The molecule has 142 valence electrons. The van der Waals surface area contributed by atoms with Crippen molar-refractivity contribution in [2.75, 3.05) is 25.0 Å². The molecule has 2 rings (SSSR count). The largest absolute Gasteiger partial charge is 0.462 e. The lowest BCUT2D eigenvalue weighted by Gasteiger charge is -2.36. The number of ether oxygens (including phenoxy) is 1. The van der Waals surface area contributed by atoms with Crippen molar-refractivity contribution < 1.29 is 19.1 Å². The molecule has 1 saturated heterocycles. The van der Waals surface area contributed by atoms with Gasteiger partial charge in [-0.15, -0.1) is 0 Å². The molecule has 1 N–H and O–H groups in total. The van der Waals surface area contributed by atoms with Gasteiger partial charge >= 0.3 is 5.97 Å². The topological polar surface area (TPSA) is 75.7 Å². The van der Waals surface area contributed by atoms with Crippen LogP contribution < -0.4 is 5.32 Å². The normalized spacial score (nSPS) is 17.5. The molecule has 1 fully saturated rings. The molecule has 1 aliphatic heterocycles. The first-order valence-electron chi connectivity index (χ1n) is 9.14. The summed E-state index contributed by atoms with van der Waals surface area (Å²) in [5, 5.41) is 2.73. The average molecular weight is 360 g/mol. The number of benzene rings is 1. The van der Waals surface area contributed by atoms with E-state index >= 15 is 0 Å². The Hall–Kier alpha value is -2.37. The lowest BCUT2D eigenvalue weighted by Crippen LogP contribution is -2.50. The second-order valence-corrected chi connectivity index (χ2v) is 7.34. The molecule has 0 radical (unpaired) electrons. The monoisotopic (exact) mass is 360 g/mol. The van der Waals surface area contributed by atoms with Crippen LogP contribution in [-0.4, -0.2) is 42.4 Å². The third kappa shape index (κ3) is 4.42. The van der Waals surface area contributed by atoms with E-state index in [1.54, 1.807) is 49.9 Å². The van der Waals surface area contributed by atoms with Gasteiger partial charge in [0.05, 0.1) is 17.9 Å². The van der Waals surface area contributed by atoms with Crippen molar-refractivity contribution in [3.8, 4) is 0 Å². The fraction of sp³-hybridized carbons (Fsp3) is 0.550. The van der Waals surface area contributed by atoms with Gasteiger partial charge in [0.2, 0.25) is 11.8 Å². The van der Waals surface area contributed by atoms with E-state index in [0.29, 0.717) is 24.7 Å². The number of hydrogen-bond donors (Lipinski definition) is 1. The molecule has 1 unspecified atom stereocenters. The first-order valence-corrected chi connectivity index (χ1v) is 9.14. The number of piperidine rings is 1. The smallest absolute Gasteiger partial charge is 0.340 e. The molecule has 0 spiro atoms. The molecule has 1 aliphatic rings. The van der Waals surface area contributed by atoms with Crippen molar-refractivity contribution in [3.63, 3.8) is 0 Å². The maximum atomic E-state index is 12.9. The Balaban J connectivity index is 2.15. The highest BCUT2D eigenvalue weighted by atomic mass is 16.5. The van der Waals surface area contributed by atoms with Gasteiger partial charge in [-0.3, -0.25) is 9.59 Å². The minimum Gasteiger partial charge on any atom is -0.462 e. The third-order valence-electron chi connectivity index (χ3n) is 4.72. The van der Waals surface area contributed by atoms with Crippen LogP contribution in [0, 0.1) is 11.3 Å². The maximum absolute atomic E-state index is 12.9. The van der Waals surface area contributed by atoms with E-state index in [-0.39, 0.29) is 18.1 Å². The number of hydrogen-bond acceptors (Lipinski definition) is 4. The maximum Gasteiger partial charge on any atom is 0.340 e. The highest BCUT2D eigenvalue weighted by molar-refractivity contribution is 6.11. The number of carbonyl (C=O) groups is 3. The molecule has 6 nitrogen and oxygen atoms in total. The third-order valence-corrected chi connectivity index (χ3v) is 4.72. The van der Waals surface area contributed by atoms with Crippen LogP contribution in [0.4, 0.5) is 5.69 Å². The highest BCUT2D eigenvalue weighted by Gasteiger charge is 2.40. The van der Waals surface area contributed by atoms with Crippen LogP contribution in [0.2, 0.25) is 0 Å². The summed E-state index contributed by atoms with van der Waals surface area (Å²) in [7, 11) is 0. The summed E-state index contributed by atoms with van der Waals surface area (Å²) in [6, 6.07) is 6.65. The standard InChI is InChI=1S/C20H28N2O4/c1-5-26-17(23)15-10-6-7-11-16(15)21-18(24)20(3,4)19(25)22-12-8-9-14(2)13-22/h6-7,10-11,14H,5,8-9,12-13H2,1-4H3,(H,21,24). The predicted molar refractivity (Wildman–Crippen MR) is 99.8 cm³/mol.